The van der Waals surface area contributed by atoms with Gasteiger partial charge in [0, 0.05) is 19.4 Å². The first-order valence-corrected chi connectivity index (χ1v) is 24.5. The summed E-state index contributed by atoms with van der Waals surface area (Å²) in [7, 11) is 0. The van der Waals surface area contributed by atoms with E-state index in [1.165, 1.54) is 109 Å². The topological polar surface area (TPSA) is 61.8 Å². The summed E-state index contributed by atoms with van der Waals surface area (Å²) in [6, 6.07) is 0. The molecular formula is C53H92O5. The van der Waals surface area contributed by atoms with Gasteiger partial charge >= 0.3 is 11.9 Å². The van der Waals surface area contributed by atoms with E-state index in [9.17, 15) is 9.59 Å². The first-order valence-electron chi connectivity index (χ1n) is 24.5. The molecule has 0 radical (unpaired) electrons. The summed E-state index contributed by atoms with van der Waals surface area (Å²) in [4.78, 5) is 25.2. The SMILES string of the molecule is CC/C=C\C/C=C\C/C=C\C/C=C\CCCCC(=O)OCC(COCCCCCCCCCCCC/C=C\C/C=C\CCCCC)OC(=O)CCCCCCCCC. The Labute approximate surface area is 359 Å². The molecule has 1 unspecified atom stereocenters. The number of esters is 2. The van der Waals surface area contributed by atoms with Crippen LogP contribution in [0.25, 0.3) is 0 Å². The molecular weight excluding hydrogens is 717 g/mol. The van der Waals surface area contributed by atoms with Crippen LogP contribution in [0, 0.1) is 0 Å². The van der Waals surface area contributed by atoms with Crippen LogP contribution >= 0.6 is 0 Å². The van der Waals surface area contributed by atoms with Gasteiger partial charge in [0.15, 0.2) is 6.10 Å². The minimum atomic E-state index is -0.552. The molecule has 0 fully saturated rings. The fourth-order valence-electron chi connectivity index (χ4n) is 6.59. The highest BCUT2D eigenvalue weighted by Crippen LogP contribution is 2.13. The Morgan fingerprint density at radius 1 is 0.397 bits per heavy atom. The van der Waals surface area contributed by atoms with Crippen molar-refractivity contribution in [3.05, 3.63) is 72.9 Å². The fourth-order valence-corrected chi connectivity index (χ4v) is 6.59. The van der Waals surface area contributed by atoms with Gasteiger partial charge in [-0.15, -0.1) is 0 Å². The molecule has 0 aromatic rings. The summed E-state index contributed by atoms with van der Waals surface area (Å²) in [5.41, 5.74) is 0. The molecule has 0 N–H and O–H groups in total. The molecule has 0 saturated carbocycles. The fraction of sp³-hybridized carbons (Fsp3) is 0.736. The maximum absolute atomic E-state index is 12.6. The normalized spacial score (nSPS) is 12.8. The molecule has 0 aliphatic heterocycles. The minimum Gasteiger partial charge on any atom is -0.462 e. The van der Waals surface area contributed by atoms with E-state index in [0.717, 1.165) is 83.5 Å². The lowest BCUT2D eigenvalue weighted by molar-refractivity contribution is -0.163. The van der Waals surface area contributed by atoms with Crippen LogP contribution in [0.15, 0.2) is 72.9 Å². The molecule has 5 heteroatoms. The van der Waals surface area contributed by atoms with Crippen molar-refractivity contribution < 1.29 is 23.8 Å². The zero-order valence-corrected chi connectivity index (χ0v) is 38.3. The number of carbonyl (C=O) groups excluding carboxylic acids is 2. The Balaban J connectivity index is 4.17. The van der Waals surface area contributed by atoms with E-state index in [-0.39, 0.29) is 25.2 Å². The minimum absolute atomic E-state index is 0.0615. The lowest BCUT2D eigenvalue weighted by Gasteiger charge is -2.18. The number of allylic oxidation sites excluding steroid dienone is 12. The average Bonchev–Trinajstić information content (AvgIpc) is 3.22. The van der Waals surface area contributed by atoms with E-state index in [2.05, 4.69) is 93.7 Å². The molecule has 0 bridgehead atoms. The van der Waals surface area contributed by atoms with Crippen molar-refractivity contribution in [2.45, 2.75) is 232 Å². The molecule has 5 nitrogen and oxygen atoms in total. The molecule has 334 valence electrons. The maximum Gasteiger partial charge on any atom is 0.306 e. The molecule has 0 aromatic heterocycles. The van der Waals surface area contributed by atoms with E-state index in [0.29, 0.717) is 19.4 Å². The van der Waals surface area contributed by atoms with Crippen molar-refractivity contribution >= 4 is 11.9 Å². The van der Waals surface area contributed by atoms with Crippen molar-refractivity contribution in [3.8, 4) is 0 Å². The Morgan fingerprint density at radius 3 is 1.31 bits per heavy atom. The van der Waals surface area contributed by atoms with Crippen LogP contribution in [0.3, 0.4) is 0 Å². The number of carbonyl (C=O) groups is 2. The first kappa shape index (κ1) is 55.3. The third kappa shape index (κ3) is 46.0. The smallest absolute Gasteiger partial charge is 0.306 e. The molecule has 0 amide bonds. The maximum atomic E-state index is 12.6. The van der Waals surface area contributed by atoms with Crippen molar-refractivity contribution in [3.63, 3.8) is 0 Å². The van der Waals surface area contributed by atoms with Crippen LogP contribution in [-0.4, -0.2) is 37.9 Å². The number of hydrogen-bond donors (Lipinski definition) is 0. The molecule has 0 rings (SSSR count). The van der Waals surface area contributed by atoms with Crippen LogP contribution < -0.4 is 0 Å². The van der Waals surface area contributed by atoms with Gasteiger partial charge in [0.25, 0.3) is 0 Å². The van der Waals surface area contributed by atoms with E-state index < -0.39 is 6.10 Å². The van der Waals surface area contributed by atoms with Gasteiger partial charge in [0.2, 0.25) is 0 Å². The van der Waals surface area contributed by atoms with Gasteiger partial charge in [0.1, 0.15) is 6.61 Å². The third-order valence-corrected chi connectivity index (χ3v) is 10.2. The highest BCUT2D eigenvalue weighted by Gasteiger charge is 2.17. The molecule has 0 aromatic carbocycles. The van der Waals surface area contributed by atoms with Crippen molar-refractivity contribution in [2.24, 2.45) is 0 Å². The van der Waals surface area contributed by atoms with E-state index in [1.807, 2.05) is 0 Å². The summed E-state index contributed by atoms with van der Waals surface area (Å²) < 4.78 is 17.3. The average molecular weight is 809 g/mol. The Kier molecular flexibility index (Phi) is 46.5. The summed E-state index contributed by atoms with van der Waals surface area (Å²) >= 11 is 0. The number of ether oxygens (including phenoxy) is 3. The predicted molar refractivity (Wildman–Crippen MR) is 251 cm³/mol. The highest BCUT2D eigenvalue weighted by molar-refractivity contribution is 5.70. The van der Waals surface area contributed by atoms with E-state index in [1.54, 1.807) is 0 Å². The number of hydrogen-bond acceptors (Lipinski definition) is 5. The van der Waals surface area contributed by atoms with Crippen LogP contribution in [0.5, 0.6) is 0 Å². The van der Waals surface area contributed by atoms with E-state index in [4.69, 9.17) is 14.2 Å². The molecule has 0 heterocycles. The van der Waals surface area contributed by atoms with Gasteiger partial charge in [-0.25, -0.2) is 0 Å². The van der Waals surface area contributed by atoms with Gasteiger partial charge < -0.3 is 14.2 Å². The van der Waals surface area contributed by atoms with Crippen LogP contribution in [0.4, 0.5) is 0 Å². The van der Waals surface area contributed by atoms with Gasteiger partial charge in [-0.05, 0) is 89.9 Å². The Bertz CT molecular complexity index is 1050. The molecule has 0 spiro atoms. The number of unbranched alkanes of at least 4 members (excludes halogenated alkanes) is 21. The van der Waals surface area contributed by atoms with Gasteiger partial charge in [-0.2, -0.15) is 0 Å². The Morgan fingerprint density at radius 2 is 0.776 bits per heavy atom. The molecule has 1 atom stereocenters. The van der Waals surface area contributed by atoms with Crippen molar-refractivity contribution in [1.82, 2.24) is 0 Å². The van der Waals surface area contributed by atoms with Gasteiger partial charge in [-0.1, -0.05) is 196 Å². The summed E-state index contributed by atoms with van der Waals surface area (Å²) in [5, 5.41) is 0. The van der Waals surface area contributed by atoms with Crippen LogP contribution in [0.1, 0.15) is 226 Å². The summed E-state index contributed by atoms with van der Waals surface area (Å²) in [6.45, 7) is 7.61. The van der Waals surface area contributed by atoms with Crippen LogP contribution in [-0.2, 0) is 23.8 Å². The summed E-state index contributed by atoms with van der Waals surface area (Å²) in [5.74, 6) is -0.452. The zero-order valence-electron chi connectivity index (χ0n) is 38.3. The quantitative estimate of drug-likeness (QED) is 0.0348. The number of rotatable bonds is 44. The van der Waals surface area contributed by atoms with E-state index >= 15 is 0 Å². The molecule has 0 aliphatic rings. The second kappa shape index (κ2) is 48.7. The van der Waals surface area contributed by atoms with Gasteiger partial charge in [-0.3, -0.25) is 9.59 Å². The van der Waals surface area contributed by atoms with Gasteiger partial charge in [0.05, 0.1) is 6.61 Å². The summed E-state index contributed by atoms with van der Waals surface area (Å²) in [6.07, 6.45) is 62.1. The largest absolute Gasteiger partial charge is 0.462 e. The zero-order chi connectivity index (χ0) is 42.1. The van der Waals surface area contributed by atoms with Crippen LogP contribution in [0.2, 0.25) is 0 Å². The first-order chi connectivity index (χ1) is 28.6. The van der Waals surface area contributed by atoms with Crippen molar-refractivity contribution in [2.75, 3.05) is 19.8 Å². The predicted octanol–water partition coefficient (Wildman–Crippen LogP) is 16.3. The monoisotopic (exact) mass is 809 g/mol. The van der Waals surface area contributed by atoms with Crippen molar-refractivity contribution in [1.29, 1.82) is 0 Å². The lowest BCUT2D eigenvalue weighted by atomic mass is 10.1. The highest BCUT2D eigenvalue weighted by atomic mass is 16.6. The molecule has 0 aliphatic carbocycles. The standard InChI is InChI=1S/C53H92O5/c1-4-7-10-13-16-18-20-22-24-25-26-27-28-30-32-34-36-39-42-45-48-56-49-51(58-53(55)47-44-41-37-15-12-9-6-3)50-57-52(54)46-43-40-38-35-33-31-29-23-21-19-17-14-11-8-5-2/h8,11,16-19,22-24,29,33,35,51H,4-7,9-10,12-15,20-21,25-28,30-32,34,36-50H2,1-3H3/b11-8-,18-16-,19-17-,24-22-,29-23-,35-33-. The lowest BCUT2D eigenvalue weighted by Crippen LogP contribution is -2.30. The molecule has 58 heavy (non-hydrogen) atoms. The third-order valence-electron chi connectivity index (χ3n) is 10.2. The second-order valence-electron chi connectivity index (χ2n) is 16.0. The molecule has 0 saturated heterocycles. The Hall–Kier alpha value is -2.66. The second-order valence-corrected chi connectivity index (χ2v) is 16.0.